The number of ether oxygens (including phenoxy) is 1. The molecule has 0 aromatic rings. The van der Waals surface area contributed by atoms with Gasteiger partial charge < -0.3 is 4.74 Å². The van der Waals surface area contributed by atoms with Crippen molar-refractivity contribution in [1.82, 2.24) is 4.90 Å². The fraction of sp³-hybridized carbons (Fsp3) is 1.00. The van der Waals surface area contributed by atoms with Crippen molar-refractivity contribution in [3.8, 4) is 0 Å². The maximum Gasteiger partial charge on any atom is 0.0646 e. The summed E-state index contributed by atoms with van der Waals surface area (Å²) >= 11 is 0. The Balaban J connectivity index is 2.06. The van der Waals surface area contributed by atoms with E-state index in [0.717, 1.165) is 6.61 Å². The van der Waals surface area contributed by atoms with Gasteiger partial charge in [0.1, 0.15) is 0 Å². The van der Waals surface area contributed by atoms with Gasteiger partial charge in [-0.3, -0.25) is 4.90 Å². The van der Waals surface area contributed by atoms with Crippen LogP contribution in [0.3, 0.4) is 0 Å². The molecule has 0 aliphatic carbocycles. The quantitative estimate of drug-likeness (QED) is 0.623. The van der Waals surface area contributed by atoms with Crippen LogP contribution < -0.4 is 0 Å². The summed E-state index contributed by atoms with van der Waals surface area (Å²) in [5.74, 6) is 0. The summed E-state index contributed by atoms with van der Waals surface area (Å²) in [5, 5.41) is 0. The van der Waals surface area contributed by atoms with E-state index in [4.69, 9.17) is 4.74 Å². The van der Waals surface area contributed by atoms with Gasteiger partial charge >= 0.3 is 0 Å². The standard InChI is InChI=1S/C10H19NO/c1-12-9-10-5-2-3-7-11(10)8-4-6-10/h2-9H2,1H3/t10-/m1/s1. The van der Waals surface area contributed by atoms with Gasteiger partial charge in [-0.1, -0.05) is 6.42 Å². The van der Waals surface area contributed by atoms with Crippen LogP contribution in [0.5, 0.6) is 0 Å². The molecule has 0 bridgehead atoms. The van der Waals surface area contributed by atoms with Crippen molar-refractivity contribution in [3.63, 3.8) is 0 Å². The van der Waals surface area contributed by atoms with Crippen LogP contribution >= 0.6 is 0 Å². The molecule has 70 valence electrons. The van der Waals surface area contributed by atoms with Gasteiger partial charge in [0.25, 0.3) is 0 Å². The molecule has 2 heterocycles. The molecule has 2 saturated heterocycles. The lowest BCUT2D eigenvalue weighted by molar-refractivity contribution is 0.0120. The zero-order valence-corrected chi connectivity index (χ0v) is 8.01. The number of hydrogen-bond donors (Lipinski definition) is 0. The molecule has 2 aliphatic rings. The molecule has 0 N–H and O–H groups in total. The van der Waals surface area contributed by atoms with Crippen LogP contribution in [0.2, 0.25) is 0 Å². The molecule has 1 atom stereocenters. The number of nitrogens with zero attached hydrogens (tertiary/aromatic N) is 1. The highest BCUT2D eigenvalue weighted by atomic mass is 16.5. The number of hydrogen-bond acceptors (Lipinski definition) is 2. The molecule has 0 aromatic heterocycles. The van der Waals surface area contributed by atoms with E-state index in [1.54, 1.807) is 0 Å². The van der Waals surface area contributed by atoms with Crippen LogP contribution in [-0.4, -0.2) is 37.2 Å². The van der Waals surface area contributed by atoms with Crippen molar-refractivity contribution in [2.24, 2.45) is 0 Å². The summed E-state index contributed by atoms with van der Waals surface area (Å²) in [7, 11) is 1.83. The zero-order valence-electron chi connectivity index (χ0n) is 8.01. The number of rotatable bonds is 2. The lowest BCUT2D eigenvalue weighted by Gasteiger charge is -2.41. The first kappa shape index (κ1) is 8.52. The summed E-state index contributed by atoms with van der Waals surface area (Å²) in [6, 6.07) is 0. The van der Waals surface area contributed by atoms with E-state index in [-0.39, 0.29) is 0 Å². The van der Waals surface area contributed by atoms with Crippen molar-refractivity contribution < 1.29 is 4.74 Å². The van der Waals surface area contributed by atoms with Crippen molar-refractivity contribution in [2.75, 3.05) is 26.8 Å². The predicted molar refractivity (Wildman–Crippen MR) is 49.3 cm³/mol. The minimum atomic E-state index is 0.451. The first-order chi connectivity index (χ1) is 5.87. The van der Waals surface area contributed by atoms with Crippen LogP contribution in [0.4, 0.5) is 0 Å². The molecule has 2 aliphatic heterocycles. The third kappa shape index (κ3) is 1.27. The average molecular weight is 169 g/mol. The smallest absolute Gasteiger partial charge is 0.0646 e. The van der Waals surface area contributed by atoms with E-state index in [1.165, 1.54) is 45.2 Å². The topological polar surface area (TPSA) is 12.5 Å². The molecule has 12 heavy (non-hydrogen) atoms. The molecule has 0 unspecified atom stereocenters. The van der Waals surface area contributed by atoms with E-state index in [1.807, 2.05) is 7.11 Å². The SMILES string of the molecule is COC[C@]12CCCCN1CCC2. The summed E-state index contributed by atoms with van der Waals surface area (Å²) in [5.41, 5.74) is 0.451. The maximum absolute atomic E-state index is 5.34. The number of fused-ring (bicyclic) bond motifs is 1. The molecule has 0 radical (unpaired) electrons. The monoisotopic (exact) mass is 169 g/mol. The van der Waals surface area contributed by atoms with Crippen LogP contribution in [-0.2, 0) is 4.74 Å². The summed E-state index contributed by atoms with van der Waals surface area (Å²) in [4.78, 5) is 2.65. The maximum atomic E-state index is 5.34. The van der Waals surface area contributed by atoms with Crippen molar-refractivity contribution in [1.29, 1.82) is 0 Å². The Morgan fingerprint density at radius 1 is 1.17 bits per heavy atom. The fourth-order valence-corrected chi connectivity index (χ4v) is 2.89. The van der Waals surface area contributed by atoms with E-state index in [0.29, 0.717) is 5.54 Å². The molecule has 0 aromatic carbocycles. The van der Waals surface area contributed by atoms with Gasteiger partial charge in [-0.05, 0) is 38.8 Å². The molecule has 2 heteroatoms. The van der Waals surface area contributed by atoms with Gasteiger partial charge in [0.05, 0.1) is 6.61 Å². The fourth-order valence-electron chi connectivity index (χ4n) is 2.89. The van der Waals surface area contributed by atoms with Gasteiger partial charge in [-0.25, -0.2) is 0 Å². The first-order valence-corrected chi connectivity index (χ1v) is 5.11. The molecule has 2 nitrogen and oxygen atoms in total. The van der Waals surface area contributed by atoms with E-state index >= 15 is 0 Å². The average Bonchev–Trinajstić information content (AvgIpc) is 2.48. The lowest BCUT2D eigenvalue weighted by atomic mass is 9.87. The van der Waals surface area contributed by atoms with Crippen molar-refractivity contribution in [2.45, 2.75) is 37.6 Å². The molecule has 0 spiro atoms. The second-order valence-corrected chi connectivity index (χ2v) is 4.21. The van der Waals surface area contributed by atoms with E-state index in [9.17, 15) is 0 Å². The minimum absolute atomic E-state index is 0.451. The third-order valence-corrected chi connectivity index (χ3v) is 3.47. The molecule has 2 rings (SSSR count). The van der Waals surface area contributed by atoms with Crippen molar-refractivity contribution >= 4 is 0 Å². The van der Waals surface area contributed by atoms with E-state index < -0.39 is 0 Å². The Kier molecular flexibility index (Phi) is 2.37. The normalized spacial score (nSPS) is 36.8. The second-order valence-electron chi connectivity index (χ2n) is 4.21. The molecular formula is C10H19NO. The Morgan fingerprint density at radius 3 is 2.75 bits per heavy atom. The number of methoxy groups -OCH3 is 1. The highest BCUT2D eigenvalue weighted by Gasteiger charge is 2.41. The summed E-state index contributed by atoms with van der Waals surface area (Å²) in [6.45, 7) is 3.57. The van der Waals surface area contributed by atoms with Gasteiger partial charge in [-0.2, -0.15) is 0 Å². The van der Waals surface area contributed by atoms with Crippen LogP contribution in [0, 0.1) is 0 Å². The Labute approximate surface area is 74.9 Å². The molecular weight excluding hydrogens is 150 g/mol. The molecule has 0 saturated carbocycles. The Bertz CT molecular complexity index is 156. The van der Waals surface area contributed by atoms with Gasteiger partial charge in [0, 0.05) is 12.6 Å². The van der Waals surface area contributed by atoms with Crippen LogP contribution in [0.15, 0.2) is 0 Å². The largest absolute Gasteiger partial charge is 0.383 e. The first-order valence-electron chi connectivity index (χ1n) is 5.11. The van der Waals surface area contributed by atoms with Crippen molar-refractivity contribution in [3.05, 3.63) is 0 Å². The Morgan fingerprint density at radius 2 is 1.92 bits per heavy atom. The summed E-state index contributed by atoms with van der Waals surface area (Å²) in [6.07, 6.45) is 6.90. The lowest BCUT2D eigenvalue weighted by Crippen LogP contribution is -2.50. The zero-order chi connectivity index (χ0) is 8.44. The second kappa shape index (κ2) is 3.35. The third-order valence-electron chi connectivity index (χ3n) is 3.47. The highest BCUT2D eigenvalue weighted by Crippen LogP contribution is 2.37. The van der Waals surface area contributed by atoms with Crippen LogP contribution in [0.1, 0.15) is 32.1 Å². The van der Waals surface area contributed by atoms with Gasteiger partial charge in [0.2, 0.25) is 0 Å². The van der Waals surface area contributed by atoms with Crippen LogP contribution in [0.25, 0.3) is 0 Å². The Hall–Kier alpha value is -0.0800. The summed E-state index contributed by atoms with van der Waals surface area (Å²) < 4.78 is 5.34. The number of piperidine rings is 1. The highest BCUT2D eigenvalue weighted by molar-refractivity contribution is 4.97. The molecule has 0 amide bonds. The van der Waals surface area contributed by atoms with E-state index in [2.05, 4.69) is 4.90 Å². The van der Waals surface area contributed by atoms with Gasteiger partial charge in [0.15, 0.2) is 0 Å². The molecule has 2 fully saturated rings. The predicted octanol–water partition coefficient (Wildman–Crippen LogP) is 1.65. The minimum Gasteiger partial charge on any atom is -0.383 e. The van der Waals surface area contributed by atoms with Gasteiger partial charge in [-0.15, -0.1) is 0 Å².